The normalized spacial score (nSPS) is 11.4. The van der Waals surface area contributed by atoms with Crippen LogP contribution in [0.4, 0.5) is 34.1 Å². The van der Waals surface area contributed by atoms with E-state index in [9.17, 15) is 0 Å². The molecule has 2 unspecified atom stereocenters. The first-order valence-electron chi connectivity index (χ1n) is 19.7. The number of nitrogens with one attached hydrogen (secondary N) is 2. The summed E-state index contributed by atoms with van der Waals surface area (Å²) in [7, 11) is 5.26. The van der Waals surface area contributed by atoms with Crippen molar-refractivity contribution in [1.82, 2.24) is 0 Å². The fraction of sp³-hybridized carbons (Fsp3) is 0.0980. The van der Waals surface area contributed by atoms with Gasteiger partial charge in [0.05, 0.1) is 22.8 Å². The van der Waals surface area contributed by atoms with Gasteiger partial charge >= 0.3 is 0 Å². The number of hydrogen-bond donors (Lipinski definition) is 2. The molecule has 0 aliphatic rings. The van der Waals surface area contributed by atoms with Crippen LogP contribution >= 0.6 is 18.0 Å². The number of allylic oxidation sites excluding steroid dienone is 2. The van der Waals surface area contributed by atoms with Crippen LogP contribution in [-0.2, 0) is 0 Å². The lowest BCUT2D eigenvalue weighted by Crippen LogP contribution is -2.16. The Morgan fingerprint density at radius 3 is 1.52 bits per heavy atom. The number of nitrogens with zero attached hydrogens (tertiary/aromatic N) is 2. The number of para-hydroxylation sites is 6. The highest BCUT2D eigenvalue weighted by atomic mass is 31.1. The van der Waals surface area contributed by atoms with Crippen molar-refractivity contribution in [3.8, 4) is 0 Å². The summed E-state index contributed by atoms with van der Waals surface area (Å²) < 4.78 is 8.65. The van der Waals surface area contributed by atoms with E-state index >= 15 is 0 Å². The molecule has 0 spiro atoms. The van der Waals surface area contributed by atoms with Crippen molar-refractivity contribution < 1.29 is 4.42 Å². The molecule has 0 fully saturated rings. The third-order valence-corrected chi connectivity index (χ3v) is 11.0. The Balaban J connectivity index is 0.000000219. The third-order valence-electron chi connectivity index (χ3n) is 9.35. The molecule has 0 aliphatic heterocycles. The van der Waals surface area contributed by atoms with Gasteiger partial charge in [-0.25, -0.2) is 0 Å². The maximum atomic E-state index is 6.25. The van der Waals surface area contributed by atoms with Gasteiger partial charge in [-0.3, -0.25) is 0 Å². The van der Waals surface area contributed by atoms with Crippen LogP contribution in [0.25, 0.3) is 21.9 Å². The van der Waals surface area contributed by atoms with E-state index in [0.717, 1.165) is 72.8 Å². The van der Waals surface area contributed by atoms with Gasteiger partial charge in [-0.15, -0.1) is 9.24 Å². The number of benzene rings is 7. The quantitative estimate of drug-likeness (QED) is 0.101. The van der Waals surface area contributed by atoms with Crippen LogP contribution in [0.15, 0.2) is 210 Å². The van der Waals surface area contributed by atoms with Gasteiger partial charge in [-0.05, 0) is 109 Å². The number of anilines is 6. The Morgan fingerprint density at radius 1 is 0.534 bits per heavy atom. The fourth-order valence-electron chi connectivity index (χ4n) is 6.50. The largest absolute Gasteiger partial charge is 0.456 e. The lowest BCUT2D eigenvalue weighted by molar-refractivity contribution is 0.669. The summed E-state index contributed by atoms with van der Waals surface area (Å²) in [6.45, 7) is 8.06. The van der Waals surface area contributed by atoms with E-state index in [4.69, 9.17) is 4.42 Å². The molecule has 58 heavy (non-hydrogen) atoms. The minimum Gasteiger partial charge on any atom is -0.456 e. The summed E-state index contributed by atoms with van der Waals surface area (Å²) in [6.07, 6.45) is 4.14. The monoisotopic (exact) mass is 798 g/mol. The Hall–Kier alpha value is -6.12. The van der Waals surface area contributed by atoms with E-state index in [-0.39, 0.29) is 0 Å². The smallest absolute Gasteiger partial charge is 0.136 e. The van der Waals surface area contributed by atoms with Gasteiger partial charge in [0.2, 0.25) is 0 Å². The van der Waals surface area contributed by atoms with E-state index in [1.165, 1.54) is 5.30 Å². The van der Waals surface area contributed by atoms with Crippen molar-refractivity contribution in [2.45, 2.75) is 27.7 Å². The standard InChI is InChI=1S/C31H26N2OP2.C18H20N2.C2H6/c1-32(22-10-4-2-5-11-22)28-14-8-9-15-29(28)33(23-12-6-3-7-13-23)36-25-17-19-27-26-18-16-24(35)20-30(26)34-31(27)21-25;1-3-17(19-15-11-7-5-8-12-15)18(4-2)20-16-13-9-6-10-14-16;1-2/h2-21,36H,35H2,1H3;3-14,19-20H,1-2H3;1-2H3/b;17-3+,18-4+;. The van der Waals surface area contributed by atoms with Crippen LogP contribution < -0.4 is 30.8 Å². The molecule has 292 valence electrons. The van der Waals surface area contributed by atoms with Gasteiger partial charge in [0.1, 0.15) is 11.2 Å². The minimum atomic E-state index is 0.388. The van der Waals surface area contributed by atoms with E-state index in [0.29, 0.717) is 8.73 Å². The molecule has 5 nitrogen and oxygen atoms in total. The maximum absolute atomic E-state index is 6.25. The zero-order valence-electron chi connectivity index (χ0n) is 33.9. The lowest BCUT2D eigenvalue weighted by atomic mass is 10.1. The summed E-state index contributed by atoms with van der Waals surface area (Å²) >= 11 is 0. The second-order valence-electron chi connectivity index (χ2n) is 13.1. The predicted octanol–water partition coefficient (Wildman–Crippen LogP) is 14.0. The van der Waals surface area contributed by atoms with Gasteiger partial charge in [-0.2, -0.15) is 0 Å². The molecule has 2 atom stereocenters. The molecule has 0 aliphatic carbocycles. The predicted molar refractivity (Wildman–Crippen MR) is 260 cm³/mol. The van der Waals surface area contributed by atoms with Gasteiger partial charge < -0.3 is 24.6 Å². The van der Waals surface area contributed by atoms with Crippen LogP contribution in [-0.4, -0.2) is 7.05 Å². The van der Waals surface area contributed by atoms with E-state index < -0.39 is 0 Å². The molecule has 0 saturated heterocycles. The Morgan fingerprint density at radius 2 is 0.983 bits per heavy atom. The van der Waals surface area contributed by atoms with Crippen LogP contribution in [0, 0.1) is 0 Å². The number of fused-ring (bicyclic) bond motifs is 3. The summed E-state index contributed by atoms with van der Waals surface area (Å²) in [5.74, 6) is 0. The van der Waals surface area contributed by atoms with E-state index in [2.05, 4.69) is 194 Å². The highest BCUT2D eigenvalue weighted by molar-refractivity contribution is 7.49. The molecule has 0 amide bonds. The molecule has 0 bridgehead atoms. The van der Waals surface area contributed by atoms with Crippen molar-refractivity contribution in [3.05, 3.63) is 206 Å². The highest BCUT2D eigenvalue weighted by Crippen LogP contribution is 2.43. The Labute approximate surface area is 348 Å². The number of furan rings is 1. The lowest BCUT2D eigenvalue weighted by Gasteiger charge is -2.30. The summed E-state index contributed by atoms with van der Waals surface area (Å²) in [5, 5.41) is 11.5. The first-order chi connectivity index (χ1) is 28.5. The molecule has 0 radical (unpaired) electrons. The Kier molecular flexibility index (Phi) is 14.9. The number of hydrogen-bond acceptors (Lipinski definition) is 5. The van der Waals surface area contributed by atoms with Crippen molar-refractivity contribution in [1.29, 1.82) is 0 Å². The fourth-order valence-corrected chi connectivity index (χ4v) is 7.95. The van der Waals surface area contributed by atoms with Crippen LogP contribution in [0.3, 0.4) is 0 Å². The molecule has 0 saturated carbocycles. The van der Waals surface area contributed by atoms with Gasteiger partial charge in [-0.1, -0.05) is 123 Å². The highest BCUT2D eigenvalue weighted by Gasteiger charge is 2.18. The van der Waals surface area contributed by atoms with Crippen molar-refractivity contribution in [2.24, 2.45) is 0 Å². The van der Waals surface area contributed by atoms with Crippen LogP contribution in [0.5, 0.6) is 0 Å². The van der Waals surface area contributed by atoms with Crippen molar-refractivity contribution >= 4 is 84.6 Å². The molecule has 8 rings (SSSR count). The molecular formula is C51H52N4OP2. The van der Waals surface area contributed by atoms with E-state index in [1.807, 2.05) is 64.1 Å². The van der Waals surface area contributed by atoms with Crippen molar-refractivity contribution in [3.63, 3.8) is 0 Å². The average Bonchev–Trinajstić information content (AvgIpc) is 3.65. The van der Waals surface area contributed by atoms with Crippen LogP contribution in [0.1, 0.15) is 27.7 Å². The first kappa shape index (κ1) is 41.5. The van der Waals surface area contributed by atoms with E-state index in [1.54, 1.807) is 0 Å². The summed E-state index contributed by atoms with van der Waals surface area (Å²) in [5.41, 5.74) is 10.7. The van der Waals surface area contributed by atoms with Crippen molar-refractivity contribution in [2.75, 3.05) is 27.3 Å². The molecule has 7 aromatic carbocycles. The Bertz CT molecular complexity index is 2500. The molecule has 7 heteroatoms. The zero-order chi connectivity index (χ0) is 40.7. The minimum absolute atomic E-state index is 0.388. The van der Waals surface area contributed by atoms with Crippen LogP contribution in [0.2, 0.25) is 0 Å². The molecule has 8 aromatic rings. The molecule has 2 N–H and O–H groups in total. The molecular weight excluding hydrogens is 747 g/mol. The van der Waals surface area contributed by atoms with Gasteiger partial charge in [0.15, 0.2) is 0 Å². The SMILES string of the molecule is C/C=C(Nc1ccccc1)\C(=C/C)Nc1ccccc1.CC.CN(c1ccccc1)c1ccccc1N(Pc1ccc2c(c1)oc1cc(P)ccc12)c1ccccc1. The zero-order valence-corrected chi connectivity index (χ0v) is 36.0. The number of rotatable bonds is 11. The van der Waals surface area contributed by atoms with Gasteiger partial charge in [0.25, 0.3) is 0 Å². The molecule has 1 aromatic heterocycles. The summed E-state index contributed by atoms with van der Waals surface area (Å²) in [6, 6.07) is 63.0. The second-order valence-corrected chi connectivity index (χ2v) is 15.0. The van der Waals surface area contributed by atoms with Gasteiger partial charge in [0, 0.05) is 49.3 Å². The first-order valence-corrected chi connectivity index (χ1v) is 21.2. The topological polar surface area (TPSA) is 43.7 Å². The molecule has 1 heterocycles. The second kappa shape index (κ2) is 20.9. The summed E-state index contributed by atoms with van der Waals surface area (Å²) in [4.78, 5) is 2.25. The third kappa shape index (κ3) is 10.4. The maximum Gasteiger partial charge on any atom is 0.136 e. The average molecular weight is 799 g/mol.